The van der Waals surface area contributed by atoms with Crippen molar-refractivity contribution in [1.29, 1.82) is 0 Å². The molecule has 1 amide bonds. The van der Waals surface area contributed by atoms with Gasteiger partial charge in [-0.25, -0.2) is 4.68 Å². The van der Waals surface area contributed by atoms with Gasteiger partial charge in [0, 0.05) is 19.3 Å². The highest BCUT2D eigenvalue weighted by molar-refractivity contribution is 5.92. The summed E-state index contributed by atoms with van der Waals surface area (Å²) in [6.45, 7) is 3.50. The lowest BCUT2D eigenvalue weighted by Gasteiger charge is -2.24. The molecule has 1 aliphatic heterocycles. The lowest BCUT2D eigenvalue weighted by Crippen LogP contribution is -2.34. The SMILES string of the molecule is CC1=CCN(C(=O)c2ccn(-c3ccccc3N)n2)CC1. The number of rotatable bonds is 2. The van der Waals surface area contributed by atoms with Crippen LogP contribution in [-0.4, -0.2) is 33.7 Å². The lowest BCUT2D eigenvalue weighted by atomic mass is 10.1. The van der Waals surface area contributed by atoms with E-state index in [1.807, 2.05) is 29.2 Å². The Morgan fingerprint density at radius 3 is 2.81 bits per heavy atom. The van der Waals surface area contributed by atoms with E-state index in [9.17, 15) is 4.79 Å². The fourth-order valence-electron chi connectivity index (χ4n) is 2.39. The van der Waals surface area contributed by atoms with Gasteiger partial charge in [0.05, 0.1) is 11.4 Å². The molecule has 0 saturated heterocycles. The van der Waals surface area contributed by atoms with Gasteiger partial charge in [0.1, 0.15) is 0 Å². The minimum Gasteiger partial charge on any atom is -0.397 e. The van der Waals surface area contributed by atoms with Gasteiger partial charge in [0.15, 0.2) is 5.69 Å². The number of nitrogens with two attached hydrogens (primary N) is 1. The number of nitrogen functional groups attached to an aromatic ring is 1. The summed E-state index contributed by atoms with van der Waals surface area (Å²) in [5.74, 6) is -0.0352. The summed E-state index contributed by atoms with van der Waals surface area (Å²) in [6.07, 6.45) is 4.79. The van der Waals surface area contributed by atoms with Crippen molar-refractivity contribution in [3.63, 3.8) is 0 Å². The minimum absolute atomic E-state index is 0.0352. The maximum absolute atomic E-state index is 12.4. The molecule has 21 heavy (non-hydrogen) atoms. The van der Waals surface area contributed by atoms with Crippen molar-refractivity contribution < 1.29 is 4.79 Å². The highest BCUT2D eigenvalue weighted by Crippen LogP contribution is 2.17. The Labute approximate surface area is 123 Å². The largest absolute Gasteiger partial charge is 0.397 e. The van der Waals surface area contributed by atoms with Crippen molar-refractivity contribution in [2.24, 2.45) is 0 Å². The number of carbonyl (C=O) groups excluding carboxylic acids is 1. The molecule has 1 aromatic carbocycles. The summed E-state index contributed by atoms with van der Waals surface area (Å²) in [7, 11) is 0. The summed E-state index contributed by atoms with van der Waals surface area (Å²) in [5, 5.41) is 4.36. The maximum atomic E-state index is 12.4. The molecule has 5 nitrogen and oxygen atoms in total. The van der Waals surface area contributed by atoms with Crippen molar-refractivity contribution in [3.8, 4) is 5.69 Å². The van der Waals surface area contributed by atoms with E-state index >= 15 is 0 Å². The highest BCUT2D eigenvalue weighted by Gasteiger charge is 2.20. The molecule has 0 unspecified atom stereocenters. The Morgan fingerprint density at radius 2 is 2.10 bits per heavy atom. The number of nitrogens with zero attached hydrogens (tertiary/aromatic N) is 3. The van der Waals surface area contributed by atoms with Crippen LogP contribution in [0, 0.1) is 0 Å². The number of aromatic nitrogens is 2. The van der Waals surface area contributed by atoms with Crippen molar-refractivity contribution in [3.05, 3.63) is 53.9 Å². The molecule has 2 N–H and O–H groups in total. The maximum Gasteiger partial charge on any atom is 0.274 e. The minimum atomic E-state index is -0.0352. The van der Waals surface area contributed by atoms with Crippen LogP contribution in [0.1, 0.15) is 23.8 Å². The first-order valence-corrected chi connectivity index (χ1v) is 7.00. The van der Waals surface area contributed by atoms with Gasteiger partial charge in [-0.15, -0.1) is 0 Å². The molecule has 0 aliphatic carbocycles. The first-order valence-electron chi connectivity index (χ1n) is 7.00. The summed E-state index contributed by atoms with van der Waals surface area (Å²) < 4.78 is 1.65. The van der Waals surface area contributed by atoms with Crippen LogP contribution in [0.5, 0.6) is 0 Å². The molecule has 2 heterocycles. The molecule has 0 bridgehead atoms. The summed E-state index contributed by atoms with van der Waals surface area (Å²) >= 11 is 0. The molecular formula is C16H18N4O. The van der Waals surface area contributed by atoms with E-state index < -0.39 is 0 Å². The molecule has 108 valence electrons. The number of hydrogen-bond acceptors (Lipinski definition) is 3. The molecule has 5 heteroatoms. The van der Waals surface area contributed by atoms with Crippen LogP contribution < -0.4 is 5.73 Å². The number of carbonyl (C=O) groups is 1. The molecule has 0 fully saturated rings. The van der Waals surface area contributed by atoms with Crippen LogP contribution in [0.3, 0.4) is 0 Å². The van der Waals surface area contributed by atoms with Crippen LogP contribution >= 0.6 is 0 Å². The van der Waals surface area contributed by atoms with Crippen molar-refractivity contribution in [1.82, 2.24) is 14.7 Å². The number of benzene rings is 1. The van der Waals surface area contributed by atoms with E-state index in [0.29, 0.717) is 17.9 Å². The highest BCUT2D eigenvalue weighted by atomic mass is 16.2. The molecule has 2 aromatic rings. The smallest absolute Gasteiger partial charge is 0.274 e. The third kappa shape index (κ3) is 2.67. The quantitative estimate of drug-likeness (QED) is 0.678. The van der Waals surface area contributed by atoms with Gasteiger partial charge in [-0.3, -0.25) is 4.79 Å². The molecule has 3 rings (SSSR count). The second kappa shape index (κ2) is 5.44. The predicted octanol–water partition coefficient (Wildman–Crippen LogP) is 2.25. The Balaban J connectivity index is 1.82. The van der Waals surface area contributed by atoms with Crippen LogP contribution in [0.15, 0.2) is 48.2 Å². The first kappa shape index (κ1) is 13.4. The summed E-state index contributed by atoms with van der Waals surface area (Å²) in [5.41, 5.74) is 9.14. The van der Waals surface area contributed by atoms with Gasteiger partial charge in [-0.05, 0) is 31.5 Å². The zero-order valence-electron chi connectivity index (χ0n) is 12.0. The Hall–Kier alpha value is -2.56. The Morgan fingerprint density at radius 1 is 1.29 bits per heavy atom. The standard InChI is InChI=1S/C16H18N4O/c1-12-6-9-19(10-7-12)16(21)14-8-11-20(18-14)15-5-3-2-4-13(15)17/h2-6,8,11H,7,9-10,17H2,1H3. The third-order valence-corrected chi connectivity index (χ3v) is 3.72. The predicted molar refractivity (Wildman–Crippen MR) is 82.3 cm³/mol. The molecule has 0 saturated carbocycles. The van der Waals surface area contributed by atoms with Crippen molar-refractivity contribution in [2.45, 2.75) is 13.3 Å². The fraction of sp³-hybridized carbons (Fsp3) is 0.250. The second-order valence-corrected chi connectivity index (χ2v) is 5.26. The van der Waals surface area contributed by atoms with Crippen molar-refractivity contribution in [2.75, 3.05) is 18.8 Å². The van der Waals surface area contributed by atoms with Crippen molar-refractivity contribution >= 4 is 11.6 Å². The first-order chi connectivity index (χ1) is 10.1. The van der Waals surface area contributed by atoms with Crippen LogP contribution in [0.25, 0.3) is 5.69 Å². The zero-order chi connectivity index (χ0) is 14.8. The van der Waals surface area contributed by atoms with Gasteiger partial charge in [-0.1, -0.05) is 23.8 Å². The average Bonchev–Trinajstić information content (AvgIpc) is 2.97. The van der Waals surface area contributed by atoms with Gasteiger partial charge in [0.2, 0.25) is 0 Å². The van der Waals surface area contributed by atoms with E-state index in [4.69, 9.17) is 5.73 Å². The topological polar surface area (TPSA) is 64.2 Å². The van der Waals surface area contributed by atoms with Gasteiger partial charge >= 0.3 is 0 Å². The average molecular weight is 282 g/mol. The van der Waals surface area contributed by atoms with E-state index in [0.717, 1.165) is 18.7 Å². The number of para-hydroxylation sites is 2. The van der Waals surface area contributed by atoms with E-state index in [1.165, 1.54) is 5.57 Å². The third-order valence-electron chi connectivity index (χ3n) is 3.72. The van der Waals surface area contributed by atoms with E-state index in [-0.39, 0.29) is 5.91 Å². The lowest BCUT2D eigenvalue weighted by molar-refractivity contribution is 0.0762. The van der Waals surface area contributed by atoms with Crippen LogP contribution in [-0.2, 0) is 0 Å². The molecule has 0 radical (unpaired) electrons. The van der Waals surface area contributed by atoms with Crippen LogP contribution in [0.2, 0.25) is 0 Å². The Bertz CT molecular complexity index is 702. The van der Waals surface area contributed by atoms with E-state index in [2.05, 4.69) is 18.1 Å². The molecule has 1 aromatic heterocycles. The number of hydrogen-bond donors (Lipinski definition) is 1. The molecule has 1 aliphatic rings. The zero-order valence-corrected chi connectivity index (χ0v) is 12.0. The summed E-state index contributed by atoms with van der Waals surface area (Å²) in [4.78, 5) is 14.2. The van der Waals surface area contributed by atoms with E-state index in [1.54, 1.807) is 16.9 Å². The van der Waals surface area contributed by atoms with Gasteiger partial charge in [-0.2, -0.15) is 5.10 Å². The summed E-state index contributed by atoms with van der Waals surface area (Å²) in [6, 6.07) is 9.20. The second-order valence-electron chi connectivity index (χ2n) is 5.26. The van der Waals surface area contributed by atoms with Crippen LogP contribution in [0.4, 0.5) is 5.69 Å². The molecule has 0 atom stereocenters. The van der Waals surface area contributed by atoms with Gasteiger partial charge in [0.25, 0.3) is 5.91 Å². The normalized spacial score (nSPS) is 14.9. The number of anilines is 1. The molecular weight excluding hydrogens is 264 g/mol. The number of amides is 1. The fourth-order valence-corrected chi connectivity index (χ4v) is 2.39. The van der Waals surface area contributed by atoms with Gasteiger partial charge < -0.3 is 10.6 Å². The molecule has 0 spiro atoms. The monoisotopic (exact) mass is 282 g/mol. The Kier molecular flexibility index (Phi) is 3.48.